The van der Waals surface area contributed by atoms with Crippen LogP contribution in [0, 0.1) is 13.8 Å². The van der Waals surface area contributed by atoms with Crippen LogP contribution in [0.5, 0.6) is 0 Å². The summed E-state index contributed by atoms with van der Waals surface area (Å²) < 4.78 is 39.5. The van der Waals surface area contributed by atoms with Crippen LogP contribution >= 0.6 is 0 Å². The lowest BCUT2D eigenvalue weighted by Gasteiger charge is -2.27. The van der Waals surface area contributed by atoms with Crippen molar-refractivity contribution in [2.24, 2.45) is 0 Å². The number of aromatic nitrogens is 4. The quantitative estimate of drug-likeness (QED) is 0.246. The zero-order chi connectivity index (χ0) is 27.3. The molecule has 3 heterocycles. The SMILES string of the molecule is Cc1cc2nc(-c3[nH]nc4c3CCN(C(=O)c3ccccc3Nc3cccc(C(F)(F)F)c3)C4)[nH]c2cc1C. The number of benzene rings is 3. The van der Waals surface area contributed by atoms with Crippen molar-refractivity contribution in [2.45, 2.75) is 33.0 Å². The van der Waals surface area contributed by atoms with Gasteiger partial charge in [0.15, 0.2) is 5.82 Å². The maximum Gasteiger partial charge on any atom is 0.416 e. The minimum absolute atomic E-state index is 0.227. The number of hydrogen-bond donors (Lipinski definition) is 3. The predicted octanol–water partition coefficient (Wildman–Crippen LogP) is 6.53. The Labute approximate surface area is 222 Å². The van der Waals surface area contributed by atoms with Crippen molar-refractivity contribution in [3.8, 4) is 11.5 Å². The van der Waals surface area contributed by atoms with Gasteiger partial charge >= 0.3 is 6.18 Å². The Morgan fingerprint density at radius 3 is 2.64 bits per heavy atom. The van der Waals surface area contributed by atoms with Crippen LogP contribution in [0.15, 0.2) is 60.7 Å². The van der Waals surface area contributed by atoms with Gasteiger partial charge in [0.05, 0.1) is 40.1 Å². The Morgan fingerprint density at radius 2 is 1.82 bits per heavy atom. The first-order valence-corrected chi connectivity index (χ1v) is 12.5. The molecule has 7 nitrogen and oxygen atoms in total. The first-order valence-electron chi connectivity index (χ1n) is 12.5. The number of hydrogen-bond acceptors (Lipinski definition) is 4. The number of nitrogens with one attached hydrogen (secondary N) is 3. The van der Waals surface area contributed by atoms with E-state index in [2.05, 4.69) is 46.5 Å². The fourth-order valence-corrected chi connectivity index (χ4v) is 4.94. The number of rotatable bonds is 4. The summed E-state index contributed by atoms with van der Waals surface area (Å²) in [6.07, 6.45) is -3.87. The van der Waals surface area contributed by atoms with Crippen LogP contribution in [0.2, 0.25) is 0 Å². The minimum atomic E-state index is -4.46. The first kappa shape index (κ1) is 24.7. The monoisotopic (exact) mass is 530 g/mol. The molecule has 0 spiro atoms. The lowest BCUT2D eigenvalue weighted by molar-refractivity contribution is -0.137. The smallest absolute Gasteiger partial charge is 0.355 e. The molecule has 0 bridgehead atoms. The molecule has 39 heavy (non-hydrogen) atoms. The maximum absolute atomic E-state index is 13.6. The highest BCUT2D eigenvalue weighted by atomic mass is 19.4. The number of para-hydroxylation sites is 1. The average Bonchev–Trinajstić information content (AvgIpc) is 3.52. The fourth-order valence-electron chi connectivity index (χ4n) is 4.94. The Balaban J connectivity index is 1.24. The number of halogens is 3. The van der Waals surface area contributed by atoms with Gasteiger partial charge in [-0.05, 0) is 73.9 Å². The van der Waals surface area contributed by atoms with Crippen molar-refractivity contribution < 1.29 is 18.0 Å². The molecule has 0 saturated heterocycles. The highest BCUT2D eigenvalue weighted by Gasteiger charge is 2.31. The molecule has 5 aromatic rings. The van der Waals surface area contributed by atoms with Crippen LogP contribution in [0.1, 0.15) is 38.3 Å². The van der Waals surface area contributed by atoms with E-state index in [1.807, 2.05) is 0 Å². The molecule has 2 aromatic heterocycles. The van der Waals surface area contributed by atoms with E-state index in [4.69, 9.17) is 4.98 Å². The number of amides is 1. The van der Waals surface area contributed by atoms with Gasteiger partial charge in [0.1, 0.15) is 5.69 Å². The number of aryl methyl sites for hydroxylation is 2. The number of imidazole rings is 1. The highest BCUT2D eigenvalue weighted by molar-refractivity contribution is 6.00. The summed E-state index contributed by atoms with van der Waals surface area (Å²) in [7, 11) is 0. The van der Waals surface area contributed by atoms with Crippen molar-refractivity contribution in [1.29, 1.82) is 0 Å². The normalized spacial score (nSPS) is 13.5. The largest absolute Gasteiger partial charge is 0.416 e. The molecule has 1 aliphatic heterocycles. The molecule has 6 rings (SSSR count). The third-order valence-electron chi connectivity index (χ3n) is 7.17. The molecule has 0 radical (unpaired) electrons. The molecule has 3 N–H and O–H groups in total. The summed E-state index contributed by atoms with van der Waals surface area (Å²) in [5.74, 6) is 0.481. The zero-order valence-corrected chi connectivity index (χ0v) is 21.3. The van der Waals surface area contributed by atoms with E-state index in [1.54, 1.807) is 29.2 Å². The van der Waals surface area contributed by atoms with Crippen LogP contribution < -0.4 is 5.32 Å². The lowest BCUT2D eigenvalue weighted by atomic mass is 10.0. The first-order chi connectivity index (χ1) is 18.7. The molecule has 0 aliphatic carbocycles. The Kier molecular flexibility index (Phi) is 5.90. The van der Waals surface area contributed by atoms with Gasteiger partial charge in [-0.3, -0.25) is 9.89 Å². The Morgan fingerprint density at radius 1 is 1.03 bits per heavy atom. The number of aromatic amines is 2. The van der Waals surface area contributed by atoms with E-state index in [1.165, 1.54) is 23.3 Å². The number of anilines is 2. The molecule has 0 fully saturated rings. The molecule has 1 aliphatic rings. The van der Waals surface area contributed by atoms with Crippen molar-refractivity contribution in [2.75, 3.05) is 11.9 Å². The number of carbonyl (C=O) groups is 1. The summed E-state index contributed by atoms with van der Waals surface area (Å²) in [4.78, 5) is 23.4. The van der Waals surface area contributed by atoms with E-state index < -0.39 is 11.7 Å². The molecule has 1 amide bonds. The number of carbonyl (C=O) groups excluding carboxylic acids is 1. The van der Waals surface area contributed by atoms with Gasteiger partial charge in [0.25, 0.3) is 5.91 Å². The zero-order valence-electron chi connectivity index (χ0n) is 21.3. The second-order valence-corrected chi connectivity index (χ2v) is 9.79. The second kappa shape index (κ2) is 9.30. The predicted molar refractivity (Wildman–Crippen MR) is 143 cm³/mol. The van der Waals surface area contributed by atoms with Gasteiger partial charge in [-0.1, -0.05) is 18.2 Å². The average molecular weight is 531 g/mol. The van der Waals surface area contributed by atoms with Gasteiger partial charge in [0.2, 0.25) is 0 Å². The standard InChI is InChI=1S/C29H25F3N6O/c1-16-12-23-24(13-17(16)2)35-27(34-23)26-20-10-11-38(15-25(20)36-37-26)28(39)21-8-3-4-9-22(21)33-19-7-5-6-18(14-19)29(30,31)32/h3-9,12-14,33H,10-11,15H2,1-2H3,(H,34,35)(H,36,37). The number of nitrogens with zero attached hydrogens (tertiary/aromatic N) is 3. The highest BCUT2D eigenvalue weighted by Crippen LogP contribution is 2.33. The van der Waals surface area contributed by atoms with Crippen LogP contribution in [-0.4, -0.2) is 37.5 Å². The Bertz CT molecular complexity index is 1680. The minimum Gasteiger partial charge on any atom is -0.355 e. The van der Waals surface area contributed by atoms with Crippen LogP contribution in [0.4, 0.5) is 24.5 Å². The summed E-state index contributed by atoms with van der Waals surface area (Å²) in [5, 5.41) is 10.6. The number of H-pyrrole nitrogens is 2. The topological polar surface area (TPSA) is 89.7 Å². The van der Waals surface area contributed by atoms with Crippen molar-refractivity contribution in [3.05, 3.63) is 94.2 Å². The number of alkyl halides is 3. The van der Waals surface area contributed by atoms with E-state index in [-0.39, 0.29) is 11.6 Å². The second-order valence-electron chi connectivity index (χ2n) is 9.79. The third-order valence-corrected chi connectivity index (χ3v) is 7.17. The summed E-state index contributed by atoms with van der Waals surface area (Å²) in [6.45, 7) is 4.89. The van der Waals surface area contributed by atoms with Crippen LogP contribution in [0.25, 0.3) is 22.6 Å². The van der Waals surface area contributed by atoms with Crippen LogP contribution in [0.3, 0.4) is 0 Å². The fraction of sp³-hybridized carbons (Fsp3) is 0.207. The van der Waals surface area contributed by atoms with E-state index in [0.29, 0.717) is 36.6 Å². The van der Waals surface area contributed by atoms with E-state index in [9.17, 15) is 18.0 Å². The van der Waals surface area contributed by atoms with Crippen molar-refractivity contribution in [1.82, 2.24) is 25.1 Å². The van der Waals surface area contributed by atoms with Crippen molar-refractivity contribution in [3.63, 3.8) is 0 Å². The molecule has 198 valence electrons. The summed E-state index contributed by atoms with van der Waals surface area (Å²) in [6, 6.07) is 15.9. The molecule has 0 atom stereocenters. The summed E-state index contributed by atoms with van der Waals surface area (Å²) >= 11 is 0. The van der Waals surface area contributed by atoms with Gasteiger partial charge in [-0.2, -0.15) is 18.3 Å². The third kappa shape index (κ3) is 4.62. The number of fused-ring (bicyclic) bond motifs is 2. The lowest BCUT2D eigenvalue weighted by Crippen LogP contribution is -2.36. The maximum atomic E-state index is 13.6. The molecular weight excluding hydrogens is 505 g/mol. The van der Waals surface area contributed by atoms with E-state index >= 15 is 0 Å². The molecule has 0 unspecified atom stereocenters. The molecule has 0 saturated carbocycles. The van der Waals surface area contributed by atoms with Crippen LogP contribution in [-0.2, 0) is 19.1 Å². The van der Waals surface area contributed by atoms with Gasteiger partial charge < -0.3 is 15.2 Å². The van der Waals surface area contributed by atoms with Gasteiger partial charge in [-0.15, -0.1) is 0 Å². The molecular formula is C29H25F3N6O. The Hall–Kier alpha value is -4.60. The van der Waals surface area contributed by atoms with Gasteiger partial charge in [0, 0.05) is 17.8 Å². The van der Waals surface area contributed by atoms with Crippen molar-refractivity contribution >= 4 is 28.3 Å². The summed E-state index contributed by atoms with van der Waals surface area (Å²) in [5.41, 5.74) is 7.08. The van der Waals surface area contributed by atoms with E-state index in [0.717, 1.165) is 40.1 Å². The van der Waals surface area contributed by atoms with Gasteiger partial charge in [-0.25, -0.2) is 4.98 Å². The molecule has 10 heteroatoms. The molecule has 3 aromatic carbocycles.